The lowest BCUT2D eigenvalue weighted by atomic mass is 9.93. The topological polar surface area (TPSA) is 44.8 Å². The zero-order valence-electron chi connectivity index (χ0n) is 12.0. The van der Waals surface area contributed by atoms with Crippen LogP contribution >= 0.6 is 0 Å². The number of hydrogen-bond donors (Lipinski definition) is 0. The average Bonchev–Trinajstić information content (AvgIpc) is 2.47. The number of Topliss-reactive ketones (excluding diaryl/α,β-unsaturated/α-hetero) is 1. The molecule has 0 aromatic carbocycles. The Labute approximate surface area is 109 Å². The quantitative estimate of drug-likeness (QED) is 0.685. The van der Waals surface area contributed by atoms with Crippen molar-refractivity contribution in [2.45, 2.75) is 47.1 Å². The molecule has 0 fully saturated rings. The molecule has 1 aliphatic heterocycles. The smallest absolute Gasteiger partial charge is 0.240 e. The fourth-order valence-corrected chi connectivity index (χ4v) is 1.59. The zero-order valence-corrected chi connectivity index (χ0v) is 12.0. The lowest BCUT2D eigenvalue weighted by Gasteiger charge is -2.17. The predicted octanol–water partition coefficient (Wildman–Crippen LogP) is 2.68. The van der Waals surface area contributed by atoms with Gasteiger partial charge in [-0.2, -0.15) is 0 Å². The van der Waals surface area contributed by atoms with Crippen LogP contribution in [0.15, 0.2) is 11.5 Å². The van der Waals surface area contributed by atoms with Gasteiger partial charge in [0.25, 0.3) is 0 Å². The van der Waals surface area contributed by atoms with Gasteiger partial charge in [0.1, 0.15) is 12.4 Å². The maximum absolute atomic E-state index is 11.6. The zero-order chi connectivity index (χ0) is 13.8. The van der Waals surface area contributed by atoms with Crippen LogP contribution in [-0.4, -0.2) is 31.7 Å². The highest BCUT2D eigenvalue weighted by atomic mass is 16.6. The average molecular weight is 256 g/mol. The van der Waals surface area contributed by atoms with Crippen molar-refractivity contribution in [2.75, 3.05) is 19.8 Å². The molecule has 0 saturated heterocycles. The molecule has 1 aliphatic rings. The Morgan fingerprint density at radius 1 is 1.22 bits per heavy atom. The van der Waals surface area contributed by atoms with E-state index in [1.165, 1.54) is 0 Å². The van der Waals surface area contributed by atoms with E-state index in [-0.39, 0.29) is 11.2 Å². The van der Waals surface area contributed by atoms with Crippen molar-refractivity contribution in [1.29, 1.82) is 0 Å². The SMILES string of the molecule is CC1=C(OCCOCCC(C)(C)C)C(=O)C(C)O1. The van der Waals surface area contributed by atoms with Gasteiger partial charge >= 0.3 is 0 Å². The number of hydrogen-bond acceptors (Lipinski definition) is 4. The van der Waals surface area contributed by atoms with Crippen LogP contribution in [0.4, 0.5) is 0 Å². The lowest BCUT2D eigenvalue weighted by Crippen LogP contribution is -2.16. The number of ether oxygens (including phenoxy) is 3. The molecule has 18 heavy (non-hydrogen) atoms. The van der Waals surface area contributed by atoms with E-state index in [0.29, 0.717) is 31.3 Å². The molecular formula is C14H24O4. The largest absolute Gasteiger partial charge is 0.484 e. The van der Waals surface area contributed by atoms with Crippen LogP contribution in [0.1, 0.15) is 41.0 Å². The Morgan fingerprint density at radius 2 is 1.89 bits per heavy atom. The molecule has 0 aromatic heterocycles. The summed E-state index contributed by atoms with van der Waals surface area (Å²) in [5, 5.41) is 0. The van der Waals surface area contributed by atoms with Gasteiger partial charge in [0, 0.05) is 6.61 Å². The van der Waals surface area contributed by atoms with Crippen LogP contribution in [0.25, 0.3) is 0 Å². The van der Waals surface area contributed by atoms with Crippen LogP contribution in [-0.2, 0) is 19.0 Å². The van der Waals surface area contributed by atoms with Crippen LogP contribution in [0.5, 0.6) is 0 Å². The van der Waals surface area contributed by atoms with Crippen molar-refractivity contribution in [3.8, 4) is 0 Å². The van der Waals surface area contributed by atoms with Crippen molar-refractivity contribution in [3.05, 3.63) is 11.5 Å². The summed E-state index contributed by atoms with van der Waals surface area (Å²) in [6, 6.07) is 0. The van der Waals surface area contributed by atoms with E-state index < -0.39 is 6.10 Å². The molecule has 4 nitrogen and oxygen atoms in total. The van der Waals surface area contributed by atoms with Gasteiger partial charge in [-0.15, -0.1) is 0 Å². The van der Waals surface area contributed by atoms with E-state index >= 15 is 0 Å². The van der Waals surface area contributed by atoms with Crippen molar-refractivity contribution in [2.24, 2.45) is 5.41 Å². The van der Waals surface area contributed by atoms with E-state index in [2.05, 4.69) is 20.8 Å². The lowest BCUT2D eigenvalue weighted by molar-refractivity contribution is -0.123. The molecule has 1 atom stereocenters. The highest BCUT2D eigenvalue weighted by molar-refractivity contribution is 5.99. The first-order valence-corrected chi connectivity index (χ1v) is 6.43. The highest BCUT2D eigenvalue weighted by Crippen LogP contribution is 2.22. The number of carbonyl (C=O) groups is 1. The molecular weight excluding hydrogens is 232 g/mol. The first-order chi connectivity index (χ1) is 8.31. The van der Waals surface area contributed by atoms with Gasteiger partial charge < -0.3 is 14.2 Å². The molecule has 0 saturated carbocycles. The second-order valence-electron chi connectivity index (χ2n) is 5.78. The molecule has 0 aromatic rings. The van der Waals surface area contributed by atoms with E-state index in [0.717, 1.165) is 6.42 Å². The third-order valence-electron chi connectivity index (χ3n) is 2.74. The van der Waals surface area contributed by atoms with Gasteiger partial charge in [-0.25, -0.2) is 0 Å². The van der Waals surface area contributed by atoms with Crippen LogP contribution in [0.3, 0.4) is 0 Å². The van der Waals surface area contributed by atoms with E-state index in [1.807, 2.05) is 0 Å². The Hall–Kier alpha value is -1.03. The van der Waals surface area contributed by atoms with E-state index in [4.69, 9.17) is 14.2 Å². The van der Waals surface area contributed by atoms with Crippen LogP contribution in [0, 0.1) is 5.41 Å². The number of ketones is 1. The second kappa shape index (κ2) is 6.23. The number of rotatable bonds is 6. The van der Waals surface area contributed by atoms with Crippen molar-refractivity contribution in [3.63, 3.8) is 0 Å². The molecule has 0 aliphatic carbocycles. The fraction of sp³-hybridized carbons (Fsp3) is 0.786. The maximum Gasteiger partial charge on any atom is 0.240 e. The summed E-state index contributed by atoms with van der Waals surface area (Å²) < 4.78 is 16.2. The predicted molar refractivity (Wildman–Crippen MR) is 69.1 cm³/mol. The van der Waals surface area contributed by atoms with Gasteiger partial charge in [0.15, 0.2) is 6.10 Å². The summed E-state index contributed by atoms with van der Waals surface area (Å²) in [4.78, 5) is 11.6. The molecule has 0 bridgehead atoms. The summed E-state index contributed by atoms with van der Waals surface area (Å²) in [6.45, 7) is 11.6. The summed E-state index contributed by atoms with van der Waals surface area (Å²) in [5.41, 5.74) is 0.282. The molecule has 104 valence electrons. The molecule has 0 spiro atoms. The van der Waals surface area contributed by atoms with Crippen LogP contribution < -0.4 is 0 Å². The molecule has 1 rings (SSSR count). The molecule has 0 radical (unpaired) electrons. The Balaban J connectivity index is 2.16. The first-order valence-electron chi connectivity index (χ1n) is 6.43. The standard InChI is InChI=1S/C14H24O4/c1-10-12(15)13(11(2)18-10)17-9-8-16-7-6-14(3,4)5/h10H,6-9H2,1-5H3. The summed E-state index contributed by atoms with van der Waals surface area (Å²) in [7, 11) is 0. The molecule has 0 N–H and O–H groups in total. The normalized spacial score (nSPS) is 20.3. The Kier molecular flexibility index (Phi) is 5.20. The molecule has 1 unspecified atom stereocenters. The molecule has 4 heteroatoms. The van der Waals surface area contributed by atoms with E-state index in [9.17, 15) is 4.79 Å². The van der Waals surface area contributed by atoms with Gasteiger partial charge in [0.05, 0.1) is 6.61 Å². The Morgan fingerprint density at radius 3 is 2.39 bits per heavy atom. The minimum atomic E-state index is -0.415. The number of allylic oxidation sites excluding steroid dienone is 1. The number of carbonyl (C=O) groups excluding carboxylic acids is 1. The molecule has 0 amide bonds. The maximum atomic E-state index is 11.6. The minimum Gasteiger partial charge on any atom is -0.484 e. The van der Waals surface area contributed by atoms with Crippen molar-refractivity contribution >= 4 is 5.78 Å². The first kappa shape index (κ1) is 15.0. The summed E-state index contributed by atoms with van der Waals surface area (Å²) >= 11 is 0. The Bertz CT molecular complexity index is 325. The van der Waals surface area contributed by atoms with Crippen molar-refractivity contribution in [1.82, 2.24) is 0 Å². The molecule has 1 heterocycles. The van der Waals surface area contributed by atoms with Gasteiger partial charge in [-0.1, -0.05) is 20.8 Å². The summed E-state index contributed by atoms with van der Waals surface area (Å²) in [5.74, 6) is 0.839. The third kappa shape index (κ3) is 4.69. The van der Waals surface area contributed by atoms with Crippen LogP contribution in [0.2, 0.25) is 0 Å². The second-order valence-corrected chi connectivity index (χ2v) is 5.78. The summed E-state index contributed by atoms with van der Waals surface area (Å²) in [6.07, 6.45) is 0.593. The minimum absolute atomic E-state index is 0.0813. The fourth-order valence-electron chi connectivity index (χ4n) is 1.59. The van der Waals surface area contributed by atoms with Gasteiger partial charge in [-0.3, -0.25) is 4.79 Å². The van der Waals surface area contributed by atoms with Gasteiger partial charge in [0.2, 0.25) is 11.5 Å². The van der Waals surface area contributed by atoms with E-state index in [1.54, 1.807) is 13.8 Å². The third-order valence-corrected chi connectivity index (χ3v) is 2.74. The monoisotopic (exact) mass is 256 g/mol. The van der Waals surface area contributed by atoms with Crippen molar-refractivity contribution < 1.29 is 19.0 Å². The highest BCUT2D eigenvalue weighted by Gasteiger charge is 2.30. The van der Waals surface area contributed by atoms with Gasteiger partial charge in [-0.05, 0) is 25.7 Å².